The zero-order valence-corrected chi connectivity index (χ0v) is 65.4. The van der Waals surface area contributed by atoms with Crippen molar-refractivity contribution in [2.75, 3.05) is 53.4 Å². The molecule has 5 aliphatic carbocycles. The number of nitrogens with zero attached hydrogens (tertiary/aromatic N) is 7. The van der Waals surface area contributed by atoms with Crippen molar-refractivity contribution in [3.63, 3.8) is 0 Å². The van der Waals surface area contributed by atoms with Crippen molar-refractivity contribution in [3.8, 4) is 75.1 Å². The molecular formula is C77H85BCl5N9O18. The molecular weight excluding hydrogens is 1530 g/mol. The van der Waals surface area contributed by atoms with Crippen LogP contribution in [0, 0.1) is 29.6 Å². The minimum absolute atomic E-state index is 0.00435. The lowest BCUT2D eigenvalue weighted by atomic mass is 9.79. The highest BCUT2D eigenvalue weighted by Gasteiger charge is 2.52. The summed E-state index contributed by atoms with van der Waals surface area (Å²) in [4.78, 5) is 35.2. The third kappa shape index (κ3) is 24.0. The third-order valence-corrected chi connectivity index (χ3v) is 19.6. The zero-order valence-electron chi connectivity index (χ0n) is 61.6. The number of hydrogen-bond donors (Lipinski definition) is 4. The molecule has 9 aromatic rings. The lowest BCUT2D eigenvalue weighted by Gasteiger charge is -2.32. The molecule has 110 heavy (non-hydrogen) atoms. The van der Waals surface area contributed by atoms with E-state index in [0.717, 1.165) is 47.6 Å². The first-order valence-electron chi connectivity index (χ1n) is 36.1. The molecule has 5 saturated carbocycles. The molecule has 4 N–H and O–H groups in total. The molecule has 0 bridgehead atoms. The summed E-state index contributed by atoms with van der Waals surface area (Å²) in [6, 6.07) is 33.4. The Kier molecular flexibility index (Phi) is 28.2. The summed E-state index contributed by atoms with van der Waals surface area (Å²) >= 11 is 30.5. The second kappa shape index (κ2) is 38.0. The monoisotopic (exact) mass is 1610 g/mol. The first-order chi connectivity index (χ1) is 52.9. The molecule has 0 amide bonds. The minimum Gasteiger partial charge on any atom is -0.506 e. The van der Waals surface area contributed by atoms with Crippen LogP contribution >= 0.6 is 58.0 Å². The largest absolute Gasteiger partial charge is 0.506 e. The fourth-order valence-corrected chi connectivity index (χ4v) is 10.7. The van der Waals surface area contributed by atoms with E-state index >= 15 is 0 Å². The van der Waals surface area contributed by atoms with Crippen molar-refractivity contribution in [1.82, 2.24) is 45.8 Å². The summed E-state index contributed by atoms with van der Waals surface area (Å²) in [6.45, 7) is 15.9. The van der Waals surface area contributed by atoms with Gasteiger partial charge in [0.25, 0.3) is 17.6 Å². The molecule has 3 aromatic heterocycles. The predicted octanol–water partition coefficient (Wildman–Crippen LogP) is 17.0. The van der Waals surface area contributed by atoms with Gasteiger partial charge in [-0.3, -0.25) is 0 Å². The van der Waals surface area contributed by atoms with Gasteiger partial charge in [-0.2, -0.15) is 0 Å². The van der Waals surface area contributed by atoms with Crippen LogP contribution in [0.2, 0.25) is 25.1 Å². The summed E-state index contributed by atoms with van der Waals surface area (Å²) in [5, 5.41) is 47.4. The summed E-state index contributed by atoms with van der Waals surface area (Å²) in [5.74, 6) is 6.06. The van der Waals surface area contributed by atoms with Crippen LogP contribution in [0.3, 0.4) is 0 Å². The number of carboxylic acids is 1. The van der Waals surface area contributed by atoms with Gasteiger partial charge in [0, 0.05) is 34.8 Å². The van der Waals surface area contributed by atoms with Crippen LogP contribution in [0.15, 0.2) is 115 Å². The molecule has 15 rings (SSSR count). The summed E-state index contributed by atoms with van der Waals surface area (Å²) in [7, 11) is 1.16. The quantitative estimate of drug-likeness (QED) is 0.0240. The van der Waals surface area contributed by atoms with Crippen molar-refractivity contribution >= 4 is 88.5 Å². The number of benzene rings is 6. The van der Waals surface area contributed by atoms with Crippen LogP contribution in [0.25, 0.3) is 0 Å². The number of carboxylic acid groups (broad SMARTS) is 1. The van der Waals surface area contributed by atoms with E-state index in [-0.39, 0.29) is 70.6 Å². The Morgan fingerprint density at radius 2 is 0.882 bits per heavy atom. The minimum atomic E-state index is -1.22. The number of ether oxygens (including phenoxy) is 11. The number of methoxy groups -OCH3 is 1. The number of phenols is 1. The fraction of sp³-hybridized carbons (Fsp3) is 0.416. The third-order valence-electron chi connectivity index (χ3n) is 18.0. The van der Waals surface area contributed by atoms with Crippen LogP contribution < -0.4 is 48.1 Å². The molecule has 6 aliphatic rings. The number of carbonyl (C=O) groups is 3. The molecule has 6 aromatic carbocycles. The van der Waals surface area contributed by atoms with Gasteiger partial charge in [0.1, 0.15) is 40.2 Å². The molecule has 0 spiro atoms. The maximum absolute atomic E-state index is 12.4. The van der Waals surface area contributed by atoms with E-state index in [0.29, 0.717) is 104 Å². The summed E-state index contributed by atoms with van der Waals surface area (Å²) in [6.07, 6.45) is 12.3. The molecule has 0 unspecified atom stereocenters. The van der Waals surface area contributed by atoms with Crippen molar-refractivity contribution in [2.45, 2.75) is 123 Å². The van der Waals surface area contributed by atoms with E-state index in [1.165, 1.54) is 68.9 Å². The van der Waals surface area contributed by atoms with Gasteiger partial charge in [-0.05, 0) is 220 Å². The molecule has 1 aliphatic heterocycles. The van der Waals surface area contributed by atoms with Gasteiger partial charge in [-0.25, -0.2) is 29.3 Å². The number of carbonyl (C=O) groups excluding carboxylic acids is 2. The second-order valence-corrected chi connectivity index (χ2v) is 29.8. The van der Waals surface area contributed by atoms with Gasteiger partial charge in [-0.1, -0.05) is 96.0 Å². The van der Waals surface area contributed by atoms with Gasteiger partial charge in [0.15, 0.2) is 17.2 Å². The fourth-order valence-electron chi connectivity index (χ4n) is 9.90. The maximum Gasteiger partial charge on any atom is 0.496 e. The number of H-pyrrole nitrogens is 2. The number of hydrogen-bond acceptors (Lipinski definition) is 23. The van der Waals surface area contributed by atoms with E-state index in [4.69, 9.17) is 125 Å². The van der Waals surface area contributed by atoms with Gasteiger partial charge in [0.05, 0.1) is 91.2 Å². The highest BCUT2D eigenvalue weighted by atomic mass is 35.5. The number of rotatable bonds is 30. The van der Waals surface area contributed by atoms with Crippen molar-refractivity contribution in [1.29, 1.82) is 0 Å². The highest BCUT2D eigenvalue weighted by molar-refractivity contribution is 6.65. The number of aromatic nitrogens is 9. The lowest BCUT2D eigenvalue weighted by molar-refractivity contribution is 0.00578. The second-order valence-electron chi connectivity index (χ2n) is 27.7. The number of phenolic OH excluding ortho intramolecular Hbond substituents is 1. The Balaban J connectivity index is 0.000000140. The number of aromatic hydroxyl groups is 1. The Morgan fingerprint density at radius 1 is 0.500 bits per heavy atom. The molecule has 33 heteroatoms. The predicted molar refractivity (Wildman–Crippen MR) is 410 cm³/mol. The highest BCUT2D eigenvalue weighted by Crippen LogP contribution is 2.42. The Morgan fingerprint density at radius 3 is 1.30 bits per heavy atom. The van der Waals surface area contributed by atoms with Crippen LogP contribution in [-0.4, -0.2) is 146 Å². The van der Waals surface area contributed by atoms with E-state index < -0.39 is 25.0 Å². The summed E-state index contributed by atoms with van der Waals surface area (Å²) < 4.78 is 74.3. The van der Waals surface area contributed by atoms with E-state index in [9.17, 15) is 19.5 Å². The summed E-state index contributed by atoms with van der Waals surface area (Å²) in [5.41, 5.74) is 0.785. The van der Waals surface area contributed by atoms with Crippen LogP contribution in [0.5, 0.6) is 75.1 Å². The average Bonchev–Trinajstić information content (AvgIpc) is 1.62. The molecule has 0 atom stereocenters. The number of aromatic amines is 2. The zero-order chi connectivity index (χ0) is 78.1. The van der Waals surface area contributed by atoms with Crippen LogP contribution in [-0.2, 0) is 25.3 Å². The first-order valence-corrected chi connectivity index (χ1v) is 38.0. The standard InChI is InChI=1S/C23H24ClN3O5.C16H22BClO3.C15H16ClN3O4.C13H12ClN3O4.C10H11ClO2/c1-3-30-23(28)21-22(27(26-25-21)13-15-6-8-17(29-2)9-7-15)32-20-12-18(10-11-19(20)24)31-14-16-4-5-16;1-15(2)16(3,4)21-17(20-15)13-9-12(7-8-14(13)18)19-10-11-5-6-11;1-2-21-15(20)13-14(18-19-17-13)23-12-7-10(5-6-11(12)16)22-8-9-3-4-9;14-9-4-3-8(20-6-7-1-2-7)5-10(9)21-12-11(13(18)19)15-17-16-12;11-9-4-3-8(5-10(9)12)13-6-7-1-2-7/h6-12,16H,3-5,13-14H2,1-2H3;7-9,11H,5-6,10H2,1-4H3;5-7,9H,2-4,8H2,1H3,(H,17,18,19);3-5,7H,1-2,6H2,(H,18,19)(H,15,16,17);3-5,7,12H,1-2,6H2. The molecule has 27 nitrogen and oxygen atoms in total. The van der Waals surface area contributed by atoms with Gasteiger partial charge >= 0.3 is 25.0 Å². The van der Waals surface area contributed by atoms with Crippen LogP contribution in [0.1, 0.15) is 143 Å². The molecule has 0 radical (unpaired) electrons. The number of nitrogens with one attached hydrogen (secondary N) is 2. The molecule has 1 saturated heterocycles. The lowest BCUT2D eigenvalue weighted by Crippen LogP contribution is -2.41. The Hall–Kier alpha value is -9.42. The molecule has 4 heterocycles. The van der Waals surface area contributed by atoms with Crippen molar-refractivity contribution in [2.24, 2.45) is 29.6 Å². The Bertz CT molecular complexity index is 4570. The van der Waals surface area contributed by atoms with E-state index in [2.05, 4.69) is 41.1 Å². The molecule has 6 fully saturated rings. The topological polar surface area (TPSA) is 326 Å². The van der Waals surface area contributed by atoms with E-state index in [1.54, 1.807) is 93.8 Å². The van der Waals surface area contributed by atoms with Crippen molar-refractivity contribution < 1.29 is 86.0 Å². The van der Waals surface area contributed by atoms with Gasteiger partial charge < -0.3 is 71.6 Å². The normalized spacial score (nSPS) is 15.6. The van der Waals surface area contributed by atoms with E-state index in [1.807, 2.05) is 70.2 Å². The maximum atomic E-state index is 12.4. The van der Waals surface area contributed by atoms with Crippen LogP contribution in [0.4, 0.5) is 0 Å². The van der Waals surface area contributed by atoms with Crippen molar-refractivity contribution in [3.05, 3.63) is 163 Å². The number of halogens is 5. The number of esters is 2. The Labute approximate surface area is 661 Å². The molecule has 584 valence electrons. The first kappa shape index (κ1) is 81.6. The van der Waals surface area contributed by atoms with Gasteiger partial charge in [-0.15, -0.1) is 5.10 Å². The SMILES string of the molecule is CC1(C)OB(c2cc(OCC3CC3)ccc2Cl)OC1(C)C.CCOC(=O)c1[nH]nnc1Oc1cc(OCC2CC2)ccc1Cl.CCOC(=O)c1nnn(Cc2ccc(OC)cc2)c1Oc1cc(OCC2CC2)ccc1Cl.O=C(O)c1[nH]nnc1Oc1cc(OCC2CC2)ccc1Cl.Oc1cc(OCC2CC2)ccc1Cl. The smallest absolute Gasteiger partial charge is 0.496 e. The average molecular weight is 1610 g/mol. The number of aromatic carboxylic acids is 1. The van der Waals surface area contributed by atoms with Gasteiger partial charge in [0.2, 0.25) is 17.1 Å².